The number of imidazole rings is 1. The third-order valence-electron chi connectivity index (χ3n) is 4.41. The van der Waals surface area contributed by atoms with Crippen LogP contribution in [-0.4, -0.2) is 37.7 Å². The fourth-order valence-corrected chi connectivity index (χ4v) is 3.02. The molecule has 112 valence electrons. The Hall–Kier alpha value is -1.40. The van der Waals surface area contributed by atoms with Gasteiger partial charge in [-0.15, -0.1) is 0 Å². The van der Waals surface area contributed by atoms with E-state index in [9.17, 15) is 0 Å². The summed E-state index contributed by atoms with van der Waals surface area (Å²) < 4.78 is 7.37. The normalized spacial score (nSPS) is 23.0. The summed E-state index contributed by atoms with van der Waals surface area (Å²) in [5.41, 5.74) is 0. The van der Waals surface area contributed by atoms with Crippen molar-refractivity contribution in [3.63, 3.8) is 0 Å². The summed E-state index contributed by atoms with van der Waals surface area (Å²) in [5, 5.41) is 4.78. The second-order valence-electron chi connectivity index (χ2n) is 6.04. The molecule has 4 rings (SSSR count). The number of likely N-dealkylation sites (tertiary alicyclic amines) is 1. The van der Waals surface area contributed by atoms with Gasteiger partial charge in [-0.2, -0.15) is 4.98 Å². The van der Waals surface area contributed by atoms with E-state index in [-0.39, 0.29) is 0 Å². The molecule has 0 amide bonds. The number of hydrogen-bond acceptors (Lipinski definition) is 5. The van der Waals surface area contributed by atoms with Crippen LogP contribution in [0.3, 0.4) is 0 Å². The monoisotopic (exact) mass is 307 g/mol. The summed E-state index contributed by atoms with van der Waals surface area (Å²) in [4.78, 5) is 11.3. The van der Waals surface area contributed by atoms with Crippen LogP contribution < -0.4 is 0 Å². The first kappa shape index (κ1) is 13.3. The van der Waals surface area contributed by atoms with Gasteiger partial charge in [0.1, 0.15) is 11.0 Å². The van der Waals surface area contributed by atoms with E-state index in [1.54, 1.807) is 6.20 Å². The maximum Gasteiger partial charge on any atom is 0.231 e. The molecule has 0 bridgehead atoms. The summed E-state index contributed by atoms with van der Waals surface area (Å²) in [7, 11) is 1.94. The van der Waals surface area contributed by atoms with Crippen LogP contribution in [0.1, 0.15) is 48.6 Å². The van der Waals surface area contributed by atoms with Crippen LogP contribution in [0.2, 0.25) is 5.15 Å². The lowest BCUT2D eigenvalue weighted by Crippen LogP contribution is -2.21. The summed E-state index contributed by atoms with van der Waals surface area (Å²) in [6.45, 7) is 2.77. The van der Waals surface area contributed by atoms with Crippen molar-refractivity contribution in [3.8, 4) is 0 Å². The van der Waals surface area contributed by atoms with Crippen molar-refractivity contribution in [2.24, 2.45) is 7.05 Å². The predicted molar refractivity (Wildman–Crippen MR) is 77.1 cm³/mol. The summed E-state index contributed by atoms with van der Waals surface area (Å²) in [5.74, 6) is 3.59. The van der Waals surface area contributed by atoms with Gasteiger partial charge in [0.25, 0.3) is 0 Å². The van der Waals surface area contributed by atoms with Crippen LogP contribution in [0.15, 0.2) is 10.7 Å². The minimum Gasteiger partial charge on any atom is -0.339 e. The topological polar surface area (TPSA) is 60.0 Å². The fraction of sp³-hybridized carbons (Fsp3) is 0.643. The molecule has 2 fully saturated rings. The zero-order chi connectivity index (χ0) is 14.4. The number of hydrogen-bond donors (Lipinski definition) is 0. The highest BCUT2D eigenvalue weighted by Crippen LogP contribution is 2.39. The van der Waals surface area contributed by atoms with E-state index in [1.165, 1.54) is 12.8 Å². The van der Waals surface area contributed by atoms with Gasteiger partial charge in [-0.3, -0.25) is 4.90 Å². The Balaban J connectivity index is 1.40. The van der Waals surface area contributed by atoms with Gasteiger partial charge >= 0.3 is 0 Å². The average Bonchev–Trinajstić information content (AvgIpc) is 2.91. The molecule has 1 saturated heterocycles. The number of aromatic nitrogens is 4. The van der Waals surface area contributed by atoms with Crippen molar-refractivity contribution >= 4 is 11.6 Å². The molecule has 6 nitrogen and oxygen atoms in total. The first-order valence-corrected chi connectivity index (χ1v) is 7.80. The summed E-state index contributed by atoms with van der Waals surface area (Å²) in [6.07, 6.45) is 5.17. The lowest BCUT2D eigenvalue weighted by Gasteiger charge is -2.14. The standard InChI is InChI=1S/C14H18ClN5O/c1-19-11(15)6-16-12(19)8-20-5-4-10(7-20)14-17-13(18-21-14)9-2-3-9/h6,9-10H,2-5,7-8H2,1H3. The molecule has 0 radical (unpaired) electrons. The van der Waals surface area contributed by atoms with Gasteiger partial charge in [0.05, 0.1) is 18.7 Å². The van der Waals surface area contributed by atoms with Crippen LogP contribution in [0.5, 0.6) is 0 Å². The van der Waals surface area contributed by atoms with Gasteiger partial charge in [0.15, 0.2) is 5.82 Å². The third-order valence-corrected chi connectivity index (χ3v) is 4.77. The molecule has 0 N–H and O–H groups in total. The highest BCUT2D eigenvalue weighted by molar-refractivity contribution is 6.29. The Labute approximate surface area is 128 Å². The Bertz CT molecular complexity index is 648. The second-order valence-corrected chi connectivity index (χ2v) is 6.43. The largest absolute Gasteiger partial charge is 0.339 e. The van der Waals surface area contributed by atoms with Gasteiger partial charge < -0.3 is 9.09 Å². The predicted octanol–water partition coefficient (Wildman–Crippen LogP) is 2.32. The Kier molecular flexibility index (Phi) is 3.23. The van der Waals surface area contributed by atoms with Gasteiger partial charge in [0, 0.05) is 19.5 Å². The molecule has 0 aromatic carbocycles. The smallest absolute Gasteiger partial charge is 0.231 e. The minimum atomic E-state index is 0.348. The summed E-state index contributed by atoms with van der Waals surface area (Å²) >= 11 is 6.03. The second kappa shape index (κ2) is 5.10. The first-order chi connectivity index (χ1) is 10.2. The average molecular weight is 308 g/mol. The molecule has 3 heterocycles. The fourth-order valence-electron chi connectivity index (χ4n) is 2.87. The Morgan fingerprint density at radius 2 is 2.19 bits per heavy atom. The van der Waals surface area contributed by atoms with E-state index in [0.717, 1.165) is 43.6 Å². The van der Waals surface area contributed by atoms with Crippen molar-refractivity contribution in [3.05, 3.63) is 28.9 Å². The maximum atomic E-state index is 6.03. The molecule has 1 saturated carbocycles. The molecule has 2 aliphatic rings. The zero-order valence-corrected chi connectivity index (χ0v) is 12.8. The van der Waals surface area contributed by atoms with E-state index in [2.05, 4.69) is 20.0 Å². The van der Waals surface area contributed by atoms with Crippen molar-refractivity contribution < 1.29 is 4.52 Å². The Morgan fingerprint density at radius 1 is 1.33 bits per heavy atom. The number of nitrogens with zero attached hydrogens (tertiary/aromatic N) is 5. The van der Waals surface area contributed by atoms with Crippen LogP contribution in [0, 0.1) is 0 Å². The molecule has 1 aliphatic heterocycles. The van der Waals surface area contributed by atoms with E-state index in [4.69, 9.17) is 16.1 Å². The minimum absolute atomic E-state index is 0.348. The van der Waals surface area contributed by atoms with E-state index in [0.29, 0.717) is 17.0 Å². The van der Waals surface area contributed by atoms with Gasteiger partial charge in [-0.25, -0.2) is 4.98 Å². The Morgan fingerprint density at radius 3 is 2.90 bits per heavy atom. The van der Waals surface area contributed by atoms with Gasteiger partial charge in [-0.1, -0.05) is 16.8 Å². The summed E-state index contributed by atoms with van der Waals surface area (Å²) in [6, 6.07) is 0. The molecule has 21 heavy (non-hydrogen) atoms. The quantitative estimate of drug-likeness (QED) is 0.867. The molecule has 1 unspecified atom stereocenters. The van der Waals surface area contributed by atoms with Crippen LogP contribution in [0.4, 0.5) is 0 Å². The van der Waals surface area contributed by atoms with E-state index in [1.807, 2.05) is 11.6 Å². The van der Waals surface area contributed by atoms with Crippen molar-refractivity contribution in [1.82, 2.24) is 24.6 Å². The van der Waals surface area contributed by atoms with Crippen LogP contribution in [0.25, 0.3) is 0 Å². The highest BCUT2D eigenvalue weighted by Gasteiger charge is 2.33. The highest BCUT2D eigenvalue weighted by atomic mass is 35.5. The zero-order valence-electron chi connectivity index (χ0n) is 12.0. The van der Waals surface area contributed by atoms with E-state index >= 15 is 0 Å². The van der Waals surface area contributed by atoms with Crippen LogP contribution in [-0.2, 0) is 13.6 Å². The molecule has 2 aromatic heterocycles. The molecule has 7 heteroatoms. The first-order valence-electron chi connectivity index (χ1n) is 7.42. The van der Waals surface area contributed by atoms with Crippen molar-refractivity contribution in [1.29, 1.82) is 0 Å². The third kappa shape index (κ3) is 2.58. The van der Waals surface area contributed by atoms with Gasteiger partial charge in [0.2, 0.25) is 5.89 Å². The van der Waals surface area contributed by atoms with Crippen molar-refractivity contribution in [2.75, 3.05) is 13.1 Å². The molecule has 2 aromatic rings. The van der Waals surface area contributed by atoms with E-state index < -0.39 is 0 Å². The van der Waals surface area contributed by atoms with Gasteiger partial charge in [-0.05, 0) is 25.8 Å². The number of rotatable bonds is 4. The molecule has 1 atom stereocenters. The maximum absolute atomic E-state index is 6.03. The van der Waals surface area contributed by atoms with Crippen LogP contribution >= 0.6 is 11.6 Å². The molecular formula is C14H18ClN5O. The molecule has 1 aliphatic carbocycles. The van der Waals surface area contributed by atoms with Crippen molar-refractivity contribution in [2.45, 2.75) is 37.6 Å². The molecular weight excluding hydrogens is 290 g/mol. The molecule has 0 spiro atoms. The lowest BCUT2D eigenvalue weighted by molar-refractivity contribution is 0.300. The number of halogens is 1. The SMILES string of the molecule is Cn1c(Cl)cnc1CN1CCC(c2nc(C3CC3)no2)C1. The lowest BCUT2D eigenvalue weighted by atomic mass is 10.1.